The van der Waals surface area contributed by atoms with Crippen LogP contribution in [0.3, 0.4) is 0 Å². The van der Waals surface area contributed by atoms with Crippen molar-refractivity contribution in [1.29, 1.82) is 0 Å². The maximum Gasteiger partial charge on any atom is 0.407 e. The van der Waals surface area contributed by atoms with Crippen molar-refractivity contribution in [2.45, 2.75) is 26.4 Å². The number of aromatic nitrogens is 2. The van der Waals surface area contributed by atoms with Gasteiger partial charge < -0.3 is 29.6 Å². The number of carbonyl (C=O) groups excluding carboxylic acids is 1. The van der Waals surface area contributed by atoms with Crippen LogP contribution in [0.25, 0.3) is 33.3 Å². The lowest BCUT2D eigenvalue weighted by Crippen LogP contribution is -2.44. The number of amides is 1. The highest BCUT2D eigenvalue weighted by Gasteiger charge is 2.16. The highest BCUT2D eigenvalue weighted by atomic mass is 16.6. The number of aromatic amines is 1. The lowest BCUT2D eigenvalue weighted by Gasteiger charge is -2.34. The van der Waals surface area contributed by atoms with Crippen LogP contribution in [-0.2, 0) is 4.74 Å². The van der Waals surface area contributed by atoms with Gasteiger partial charge in [-0.05, 0) is 69.3 Å². The molecule has 0 unspecified atom stereocenters. The molecule has 204 valence electrons. The molecule has 1 amide bonds. The van der Waals surface area contributed by atoms with E-state index in [1.165, 1.54) is 5.69 Å². The van der Waals surface area contributed by atoms with Crippen molar-refractivity contribution in [3.8, 4) is 28.0 Å². The average Bonchev–Trinajstić information content (AvgIpc) is 3.34. The largest absolute Gasteiger partial charge is 0.492 e. The first-order valence-electron chi connectivity index (χ1n) is 13.5. The van der Waals surface area contributed by atoms with Crippen LogP contribution in [0.1, 0.15) is 20.8 Å². The van der Waals surface area contributed by atoms with Crippen LogP contribution in [-0.4, -0.2) is 72.9 Å². The summed E-state index contributed by atoms with van der Waals surface area (Å²) in [5, 5.41) is 3.78. The van der Waals surface area contributed by atoms with Gasteiger partial charge in [0.25, 0.3) is 0 Å². The van der Waals surface area contributed by atoms with Crippen LogP contribution in [0.4, 0.5) is 10.5 Å². The zero-order valence-corrected chi connectivity index (χ0v) is 23.2. The first-order valence-corrected chi connectivity index (χ1v) is 13.5. The third-order valence-corrected chi connectivity index (χ3v) is 6.80. The Kier molecular flexibility index (Phi) is 7.74. The Morgan fingerprint density at radius 3 is 2.36 bits per heavy atom. The van der Waals surface area contributed by atoms with Crippen LogP contribution >= 0.6 is 0 Å². The molecule has 1 aliphatic heterocycles. The van der Waals surface area contributed by atoms with Gasteiger partial charge in [-0.3, -0.25) is 0 Å². The Morgan fingerprint density at radius 1 is 0.974 bits per heavy atom. The molecule has 1 fully saturated rings. The van der Waals surface area contributed by atoms with E-state index >= 15 is 0 Å². The van der Waals surface area contributed by atoms with Gasteiger partial charge in [0, 0.05) is 60.8 Å². The number of ether oxygens (including phenoxy) is 2. The molecule has 2 aromatic heterocycles. The number of hydrogen-bond donors (Lipinski definition) is 2. The number of carbonyl (C=O) groups is 1. The molecular formula is C31H37N5O3. The lowest BCUT2D eigenvalue weighted by atomic mass is 10.0. The molecule has 0 saturated carbocycles. The van der Waals surface area contributed by atoms with E-state index in [-0.39, 0.29) is 0 Å². The lowest BCUT2D eigenvalue weighted by molar-refractivity contribution is 0.0520. The summed E-state index contributed by atoms with van der Waals surface area (Å²) < 4.78 is 11.0. The van der Waals surface area contributed by atoms with E-state index in [1.807, 2.05) is 57.4 Å². The fraction of sp³-hybridized carbons (Fsp3) is 0.355. The van der Waals surface area contributed by atoms with E-state index in [1.54, 1.807) is 0 Å². The summed E-state index contributed by atoms with van der Waals surface area (Å²) >= 11 is 0. The zero-order chi connectivity index (χ0) is 27.4. The third kappa shape index (κ3) is 6.70. The van der Waals surface area contributed by atoms with Gasteiger partial charge in [0.2, 0.25) is 0 Å². The topological polar surface area (TPSA) is 82.7 Å². The third-order valence-electron chi connectivity index (χ3n) is 6.80. The van der Waals surface area contributed by atoms with E-state index in [0.29, 0.717) is 13.2 Å². The molecule has 0 atom stereocenters. The first kappa shape index (κ1) is 26.6. The van der Waals surface area contributed by atoms with Gasteiger partial charge in [0.05, 0.1) is 6.54 Å². The SMILES string of the molecule is CN1CCN(c2ccc(-c3cnc4[nH]cc(-c5ccc(OCCNC(=O)OC(C)(C)C)cc5)c4c3)cc2)CC1. The molecule has 3 heterocycles. The maximum atomic E-state index is 11.8. The van der Waals surface area contributed by atoms with Crippen LogP contribution in [0.2, 0.25) is 0 Å². The number of nitrogens with one attached hydrogen (secondary N) is 2. The first-order chi connectivity index (χ1) is 18.7. The standard InChI is InChI=1S/C31H37N5O3/c1-31(2,3)39-30(37)32-13-18-38-26-11-7-23(8-12-26)28-21-34-29-27(28)19-24(20-33-29)22-5-9-25(10-6-22)36-16-14-35(4)15-17-36/h5-12,19-21H,13-18H2,1-4H3,(H,32,37)(H,33,34). The Labute approximate surface area is 229 Å². The highest BCUT2D eigenvalue weighted by Crippen LogP contribution is 2.32. The van der Waals surface area contributed by atoms with Crippen molar-refractivity contribution in [2.75, 3.05) is 51.3 Å². The number of benzene rings is 2. The molecule has 0 aliphatic carbocycles. The molecule has 8 nitrogen and oxygen atoms in total. The minimum absolute atomic E-state index is 0.354. The van der Waals surface area contributed by atoms with Crippen molar-refractivity contribution >= 4 is 22.8 Å². The molecule has 1 aliphatic rings. The molecule has 0 bridgehead atoms. The second-order valence-electron chi connectivity index (χ2n) is 11.0. The Balaban J connectivity index is 1.23. The zero-order valence-electron chi connectivity index (χ0n) is 23.2. The number of pyridine rings is 1. The predicted molar refractivity (Wildman–Crippen MR) is 156 cm³/mol. The van der Waals surface area contributed by atoms with Crippen molar-refractivity contribution < 1.29 is 14.3 Å². The Morgan fingerprint density at radius 2 is 1.67 bits per heavy atom. The number of fused-ring (bicyclic) bond motifs is 1. The number of H-pyrrole nitrogens is 1. The van der Waals surface area contributed by atoms with Gasteiger partial charge in [-0.25, -0.2) is 9.78 Å². The molecule has 2 N–H and O–H groups in total. The van der Waals surface area contributed by atoms with E-state index < -0.39 is 11.7 Å². The molecule has 5 rings (SSSR count). The molecular weight excluding hydrogens is 490 g/mol. The van der Waals surface area contributed by atoms with Gasteiger partial charge in [-0.2, -0.15) is 0 Å². The summed E-state index contributed by atoms with van der Waals surface area (Å²) in [4.78, 5) is 24.6. The highest BCUT2D eigenvalue weighted by molar-refractivity contribution is 5.95. The van der Waals surface area contributed by atoms with Gasteiger partial charge in [-0.15, -0.1) is 0 Å². The average molecular weight is 528 g/mol. The summed E-state index contributed by atoms with van der Waals surface area (Å²) in [6, 6.07) is 19.0. The smallest absolute Gasteiger partial charge is 0.407 e. The molecule has 2 aromatic carbocycles. The molecule has 0 radical (unpaired) electrons. The minimum Gasteiger partial charge on any atom is -0.492 e. The van der Waals surface area contributed by atoms with Crippen molar-refractivity contribution in [3.63, 3.8) is 0 Å². The summed E-state index contributed by atoms with van der Waals surface area (Å²) in [7, 11) is 2.18. The Hall–Kier alpha value is -4.04. The fourth-order valence-corrected chi connectivity index (χ4v) is 4.70. The van der Waals surface area contributed by atoms with Crippen molar-refractivity contribution in [2.24, 2.45) is 0 Å². The Bertz CT molecular complexity index is 1400. The second kappa shape index (κ2) is 11.4. The summed E-state index contributed by atoms with van der Waals surface area (Å²) in [6.45, 7) is 10.5. The van der Waals surface area contributed by atoms with Gasteiger partial charge in [0.1, 0.15) is 23.6 Å². The second-order valence-corrected chi connectivity index (χ2v) is 11.0. The van der Waals surface area contributed by atoms with Crippen LogP contribution < -0.4 is 15.0 Å². The van der Waals surface area contributed by atoms with Crippen LogP contribution in [0.15, 0.2) is 67.0 Å². The fourth-order valence-electron chi connectivity index (χ4n) is 4.70. The van der Waals surface area contributed by atoms with Gasteiger partial charge in [-0.1, -0.05) is 24.3 Å². The summed E-state index contributed by atoms with van der Waals surface area (Å²) in [5.74, 6) is 0.740. The van der Waals surface area contributed by atoms with E-state index in [0.717, 1.165) is 65.2 Å². The number of rotatable bonds is 7. The number of anilines is 1. The van der Waals surface area contributed by atoms with Gasteiger partial charge in [0.15, 0.2) is 0 Å². The van der Waals surface area contributed by atoms with E-state index in [2.05, 4.69) is 62.5 Å². The number of piperazine rings is 1. The van der Waals surface area contributed by atoms with Crippen LogP contribution in [0, 0.1) is 0 Å². The van der Waals surface area contributed by atoms with Crippen molar-refractivity contribution in [3.05, 3.63) is 67.0 Å². The number of likely N-dealkylation sites (N-methyl/N-ethyl adjacent to an activating group) is 1. The monoisotopic (exact) mass is 527 g/mol. The summed E-state index contributed by atoms with van der Waals surface area (Å²) in [5.41, 5.74) is 6.01. The van der Waals surface area contributed by atoms with Gasteiger partial charge >= 0.3 is 6.09 Å². The molecule has 39 heavy (non-hydrogen) atoms. The van der Waals surface area contributed by atoms with E-state index in [9.17, 15) is 4.79 Å². The quantitative estimate of drug-likeness (QED) is 0.307. The normalized spacial score (nSPS) is 14.4. The maximum absolute atomic E-state index is 11.8. The summed E-state index contributed by atoms with van der Waals surface area (Å²) in [6.07, 6.45) is 3.48. The number of hydrogen-bond acceptors (Lipinski definition) is 6. The molecule has 1 saturated heterocycles. The number of nitrogens with zero attached hydrogens (tertiary/aromatic N) is 3. The van der Waals surface area contributed by atoms with Crippen molar-refractivity contribution in [1.82, 2.24) is 20.2 Å². The number of alkyl carbamates (subject to hydrolysis) is 1. The predicted octanol–water partition coefficient (Wildman–Crippen LogP) is 5.55. The minimum atomic E-state index is -0.519. The van der Waals surface area contributed by atoms with E-state index in [4.69, 9.17) is 9.47 Å². The molecule has 8 heteroatoms. The molecule has 0 spiro atoms. The van der Waals surface area contributed by atoms with Crippen LogP contribution in [0.5, 0.6) is 5.75 Å². The molecule has 4 aromatic rings.